The number of hydrogen-bond donors (Lipinski definition) is 2. The summed E-state index contributed by atoms with van der Waals surface area (Å²) in [5, 5.41) is 3.28. The van der Waals surface area contributed by atoms with Crippen LogP contribution in [0, 0.1) is 0 Å². The molecule has 0 radical (unpaired) electrons. The fourth-order valence-electron chi connectivity index (χ4n) is 1.31. The smallest absolute Gasteiger partial charge is 0.125 e. The number of nitrogens with two attached hydrogens (primary N) is 1. The van der Waals surface area contributed by atoms with Gasteiger partial charge >= 0.3 is 0 Å². The van der Waals surface area contributed by atoms with Crippen LogP contribution in [0.2, 0.25) is 0 Å². The van der Waals surface area contributed by atoms with E-state index in [0.717, 1.165) is 31.0 Å². The summed E-state index contributed by atoms with van der Waals surface area (Å²) in [5.74, 6) is 0.911. The standard InChI is InChI=1S/C12H22N4/c1-4-16(3)8-7-14-12-6-5-11(9-15-12)10(2)13/h5-6,9-10H,4,7-8,13H2,1-3H3,(H,14,15). The molecule has 0 fully saturated rings. The Hall–Kier alpha value is -1.13. The summed E-state index contributed by atoms with van der Waals surface area (Å²) in [4.78, 5) is 6.57. The Labute approximate surface area is 97.9 Å². The summed E-state index contributed by atoms with van der Waals surface area (Å²) in [7, 11) is 2.11. The molecule has 3 N–H and O–H groups in total. The summed E-state index contributed by atoms with van der Waals surface area (Å²) in [6.07, 6.45) is 1.83. The van der Waals surface area contributed by atoms with Gasteiger partial charge in [-0.2, -0.15) is 0 Å². The lowest BCUT2D eigenvalue weighted by Crippen LogP contribution is -2.24. The Bertz CT molecular complexity index is 294. The minimum atomic E-state index is 0.0489. The molecule has 1 aromatic rings. The van der Waals surface area contributed by atoms with Crippen LogP contribution < -0.4 is 11.1 Å². The summed E-state index contributed by atoms with van der Waals surface area (Å²) in [5.41, 5.74) is 6.82. The third kappa shape index (κ3) is 4.16. The molecule has 1 aromatic heterocycles. The van der Waals surface area contributed by atoms with Crippen LogP contribution in [-0.2, 0) is 0 Å². The van der Waals surface area contributed by atoms with Crippen LogP contribution in [0.25, 0.3) is 0 Å². The minimum absolute atomic E-state index is 0.0489. The van der Waals surface area contributed by atoms with Gasteiger partial charge in [-0.3, -0.25) is 0 Å². The summed E-state index contributed by atoms with van der Waals surface area (Å²) in [6, 6.07) is 4.04. The van der Waals surface area contributed by atoms with E-state index in [9.17, 15) is 0 Å². The average molecular weight is 222 g/mol. The molecule has 0 amide bonds. The molecule has 0 aliphatic carbocycles. The summed E-state index contributed by atoms with van der Waals surface area (Å²) < 4.78 is 0. The van der Waals surface area contributed by atoms with Crippen molar-refractivity contribution in [3.63, 3.8) is 0 Å². The van der Waals surface area contributed by atoms with Gasteiger partial charge in [0.1, 0.15) is 5.82 Å². The van der Waals surface area contributed by atoms with Crippen molar-refractivity contribution < 1.29 is 0 Å². The van der Waals surface area contributed by atoms with Crippen LogP contribution in [0.1, 0.15) is 25.5 Å². The second-order valence-electron chi connectivity index (χ2n) is 4.09. The largest absolute Gasteiger partial charge is 0.369 e. The van der Waals surface area contributed by atoms with Gasteiger partial charge in [0.05, 0.1) is 0 Å². The molecule has 0 aromatic carbocycles. The van der Waals surface area contributed by atoms with E-state index in [1.165, 1.54) is 0 Å². The van der Waals surface area contributed by atoms with Crippen molar-refractivity contribution in [2.75, 3.05) is 32.0 Å². The Morgan fingerprint density at radius 3 is 2.75 bits per heavy atom. The number of rotatable bonds is 6. The van der Waals surface area contributed by atoms with Crippen LogP contribution in [0.5, 0.6) is 0 Å². The van der Waals surface area contributed by atoms with E-state index in [1.54, 1.807) is 0 Å². The molecule has 4 nitrogen and oxygen atoms in total. The molecular formula is C12H22N4. The maximum Gasteiger partial charge on any atom is 0.125 e. The normalized spacial score (nSPS) is 12.8. The number of likely N-dealkylation sites (N-methyl/N-ethyl adjacent to an activating group) is 1. The predicted molar refractivity (Wildman–Crippen MR) is 68.5 cm³/mol. The molecule has 0 saturated carbocycles. The second kappa shape index (κ2) is 6.45. The number of aromatic nitrogens is 1. The molecule has 4 heteroatoms. The van der Waals surface area contributed by atoms with E-state index in [1.807, 2.05) is 25.3 Å². The highest BCUT2D eigenvalue weighted by atomic mass is 15.1. The van der Waals surface area contributed by atoms with Crippen LogP contribution in [0.15, 0.2) is 18.3 Å². The van der Waals surface area contributed by atoms with Gasteiger partial charge < -0.3 is 16.0 Å². The van der Waals surface area contributed by atoms with Crippen molar-refractivity contribution in [3.8, 4) is 0 Å². The molecule has 0 saturated heterocycles. The molecule has 0 bridgehead atoms. The van der Waals surface area contributed by atoms with Gasteiger partial charge in [0.2, 0.25) is 0 Å². The molecule has 1 atom stereocenters. The van der Waals surface area contributed by atoms with E-state index < -0.39 is 0 Å². The van der Waals surface area contributed by atoms with Crippen LogP contribution in [0.3, 0.4) is 0 Å². The highest BCUT2D eigenvalue weighted by Crippen LogP contribution is 2.10. The molecule has 0 aliphatic heterocycles. The lowest BCUT2D eigenvalue weighted by Gasteiger charge is -2.14. The zero-order valence-electron chi connectivity index (χ0n) is 10.4. The van der Waals surface area contributed by atoms with Gasteiger partial charge in [0.15, 0.2) is 0 Å². The fraction of sp³-hybridized carbons (Fsp3) is 0.583. The van der Waals surface area contributed by atoms with Gasteiger partial charge in [-0.1, -0.05) is 13.0 Å². The highest BCUT2D eigenvalue weighted by Gasteiger charge is 2.00. The van der Waals surface area contributed by atoms with E-state index in [2.05, 4.69) is 29.2 Å². The SMILES string of the molecule is CCN(C)CCNc1ccc(C(C)N)cn1. The fourth-order valence-corrected chi connectivity index (χ4v) is 1.31. The van der Waals surface area contributed by atoms with Gasteiger partial charge in [0, 0.05) is 25.3 Å². The van der Waals surface area contributed by atoms with Gasteiger partial charge in [-0.25, -0.2) is 4.98 Å². The summed E-state index contributed by atoms with van der Waals surface area (Å²) >= 11 is 0. The number of pyridine rings is 1. The third-order valence-corrected chi connectivity index (χ3v) is 2.65. The average Bonchev–Trinajstić information content (AvgIpc) is 2.29. The van der Waals surface area contributed by atoms with Crippen molar-refractivity contribution in [2.24, 2.45) is 5.73 Å². The number of anilines is 1. The Balaban J connectivity index is 2.38. The lowest BCUT2D eigenvalue weighted by molar-refractivity contribution is 0.367. The van der Waals surface area contributed by atoms with Crippen LogP contribution in [0.4, 0.5) is 5.82 Å². The Morgan fingerprint density at radius 1 is 1.50 bits per heavy atom. The molecule has 0 aliphatic rings. The lowest BCUT2D eigenvalue weighted by atomic mass is 10.1. The van der Waals surface area contributed by atoms with E-state index in [-0.39, 0.29) is 6.04 Å². The van der Waals surface area contributed by atoms with Crippen LogP contribution >= 0.6 is 0 Å². The van der Waals surface area contributed by atoms with Gasteiger partial charge in [0.25, 0.3) is 0 Å². The third-order valence-electron chi connectivity index (χ3n) is 2.65. The van der Waals surface area contributed by atoms with Crippen molar-refractivity contribution in [3.05, 3.63) is 23.9 Å². The second-order valence-corrected chi connectivity index (χ2v) is 4.09. The zero-order chi connectivity index (χ0) is 12.0. The number of nitrogens with one attached hydrogen (secondary N) is 1. The topological polar surface area (TPSA) is 54.2 Å². The molecule has 90 valence electrons. The number of hydrogen-bond acceptors (Lipinski definition) is 4. The molecule has 1 rings (SSSR count). The van der Waals surface area contributed by atoms with Crippen molar-refractivity contribution in [1.29, 1.82) is 0 Å². The maximum absolute atomic E-state index is 5.75. The molecule has 1 heterocycles. The monoisotopic (exact) mass is 222 g/mol. The van der Waals surface area contributed by atoms with Crippen molar-refractivity contribution in [1.82, 2.24) is 9.88 Å². The van der Waals surface area contributed by atoms with E-state index in [0.29, 0.717) is 0 Å². The predicted octanol–water partition coefficient (Wildman–Crippen LogP) is 1.46. The maximum atomic E-state index is 5.75. The first-order chi connectivity index (χ1) is 7.63. The Morgan fingerprint density at radius 2 is 2.25 bits per heavy atom. The molecule has 0 spiro atoms. The first kappa shape index (κ1) is 12.9. The first-order valence-corrected chi connectivity index (χ1v) is 5.77. The molecule has 1 unspecified atom stereocenters. The highest BCUT2D eigenvalue weighted by molar-refractivity contribution is 5.35. The minimum Gasteiger partial charge on any atom is -0.369 e. The number of nitrogens with zero attached hydrogens (tertiary/aromatic N) is 2. The quantitative estimate of drug-likeness (QED) is 0.765. The molecule has 16 heavy (non-hydrogen) atoms. The molecular weight excluding hydrogens is 200 g/mol. The van der Waals surface area contributed by atoms with Gasteiger partial charge in [-0.05, 0) is 32.1 Å². The zero-order valence-corrected chi connectivity index (χ0v) is 10.4. The van der Waals surface area contributed by atoms with E-state index in [4.69, 9.17) is 5.73 Å². The van der Waals surface area contributed by atoms with Crippen molar-refractivity contribution >= 4 is 5.82 Å². The first-order valence-electron chi connectivity index (χ1n) is 5.77. The van der Waals surface area contributed by atoms with Crippen molar-refractivity contribution in [2.45, 2.75) is 19.9 Å². The van der Waals surface area contributed by atoms with Gasteiger partial charge in [-0.15, -0.1) is 0 Å². The van der Waals surface area contributed by atoms with Crippen LogP contribution in [-0.4, -0.2) is 36.6 Å². The van der Waals surface area contributed by atoms with E-state index >= 15 is 0 Å². The summed E-state index contributed by atoms with van der Waals surface area (Å²) in [6.45, 7) is 7.11. The Kier molecular flexibility index (Phi) is 5.22.